The fraction of sp³-hybridized carbons (Fsp3) is 0.0526. The Kier molecular flexibility index (Phi) is 4.43. The molecule has 0 aliphatic rings. The minimum absolute atomic E-state index is 0.273. The number of hydrogen-bond acceptors (Lipinski definition) is 5. The van der Waals surface area contributed by atoms with Gasteiger partial charge in [0.25, 0.3) is 0 Å². The van der Waals surface area contributed by atoms with E-state index in [1.54, 1.807) is 42.5 Å². The average molecular weight is 322 g/mol. The Balaban J connectivity index is 1.79. The summed E-state index contributed by atoms with van der Waals surface area (Å²) in [6, 6.07) is 17.3. The Morgan fingerprint density at radius 2 is 1.79 bits per heavy atom. The molecular weight excluding hydrogens is 308 g/mol. The van der Waals surface area contributed by atoms with Crippen LogP contribution in [0.5, 0.6) is 11.5 Å². The van der Waals surface area contributed by atoms with Gasteiger partial charge in [-0.1, -0.05) is 12.1 Å². The van der Waals surface area contributed by atoms with Gasteiger partial charge in [0.2, 0.25) is 0 Å². The van der Waals surface area contributed by atoms with Crippen LogP contribution in [0.4, 0.5) is 0 Å². The zero-order valence-corrected chi connectivity index (χ0v) is 12.9. The van der Waals surface area contributed by atoms with Gasteiger partial charge in [0.1, 0.15) is 17.3 Å². The number of esters is 1. The molecule has 0 unspecified atom stereocenters. The summed E-state index contributed by atoms with van der Waals surface area (Å²) in [4.78, 5) is 22.1. The minimum atomic E-state index is -0.396. The van der Waals surface area contributed by atoms with E-state index in [0.29, 0.717) is 29.1 Å². The van der Waals surface area contributed by atoms with Crippen LogP contribution in [0.1, 0.15) is 20.9 Å². The lowest BCUT2D eigenvalue weighted by atomic mass is 10.1. The summed E-state index contributed by atoms with van der Waals surface area (Å²) in [6.45, 7) is 0. The second-order valence-electron chi connectivity index (χ2n) is 4.97. The van der Waals surface area contributed by atoms with Crippen LogP contribution >= 0.6 is 0 Å². The molecule has 2 aromatic carbocycles. The number of carbonyl (C=O) groups excluding carboxylic acids is 2. The van der Waals surface area contributed by atoms with E-state index in [1.807, 2.05) is 18.2 Å². The van der Waals surface area contributed by atoms with Gasteiger partial charge >= 0.3 is 5.97 Å². The largest absolute Gasteiger partial charge is 0.465 e. The van der Waals surface area contributed by atoms with E-state index < -0.39 is 5.97 Å². The Bertz CT molecular complexity index is 861. The average Bonchev–Trinajstić information content (AvgIpc) is 3.11. The molecule has 0 fully saturated rings. The first-order valence-electron chi connectivity index (χ1n) is 7.21. The number of methoxy groups -OCH3 is 1. The minimum Gasteiger partial charge on any atom is -0.465 e. The zero-order chi connectivity index (χ0) is 16.9. The van der Waals surface area contributed by atoms with Crippen molar-refractivity contribution in [3.8, 4) is 22.8 Å². The van der Waals surface area contributed by atoms with E-state index in [1.165, 1.54) is 7.11 Å². The molecule has 5 nitrogen and oxygen atoms in total. The topological polar surface area (TPSA) is 65.7 Å². The van der Waals surface area contributed by atoms with Gasteiger partial charge < -0.3 is 13.9 Å². The maximum Gasteiger partial charge on any atom is 0.337 e. The van der Waals surface area contributed by atoms with E-state index in [0.717, 1.165) is 5.56 Å². The van der Waals surface area contributed by atoms with Gasteiger partial charge in [-0.3, -0.25) is 4.79 Å². The number of rotatable bonds is 5. The third-order valence-electron chi connectivity index (χ3n) is 3.37. The van der Waals surface area contributed by atoms with Crippen LogP contribution in [0.2, 0.25) is 0 Å². The molecule has 3 rings (SSSR count). The van der Waals surface area contributed by atoms with Crippen molar-refractivity contribution in [2.75, 3.05) is 7.11 Å². The molecular formula is C19H14O5. The Morgan fingerprint density at radius 1 is 1.00 bits per heavy atom. The molecule has 0 amide bonds. The van der Waals surface area contributed by atoms with Gasteiger partial charge in [-0.25, -0.2) is 4.79 Å². The first-order valence-corrected chi connectivity index (χ1v) is 7.21. The predicted octanol–water partition coefficient (Wildman–Crippen LogP) is 4.34. The van der Waals surface area contributed by atoms with Gasteiger partial charge in [0, 0.05) is 5.56 Å². The molecule has 1 heterocycles. The van der Waals surface area contributed by atoms with E-state index in [-0.39, 0.29) is 5.76 Å². The molecule has 1 aromatic heterocycles. The molecule has 0 spiro atoms. The van der Waals surface area contributed by atoms with E-state index in [9.17, 15) is 9.59 Å². The first kappa shape index (κ1) is 15.6. The summed E-state index contributed by atoms with van der Waals surface area (Å²) in [5, 5.41) is 0. The molecule has 0 saturated heterocycles. The smallest absolute Gasteiger partial charge is 0.337 e. The highest BCUT2D eigenvalue weighted by Crippen LogP contribution is 2.28. The van der Waals surface area contributed by atoms with Crippen LogP contribution < -0.4 is 4.74 Å². The summed E-state index contributed by atoms with van der Waals surface area (Å²) in [5.41, 5.74) is 1.25. The molecule has 0 aliphatic heterocycles. The number of hydrogen-bond donors (Lipinski definition) is 0. The van der Waals surface area contributed by atoms with E-state index in [2.05, 4.69) is 4.74 Å². The molecule has 120 valence electrons. The maximum atomic E-state index is 11.4. The van der Waals surface area contributed by atoms with Crippen molar-refractivity contribution in [2.45, 2.75) is 0 Å². The Hall–Kier alpha value is -3.34. The lowest BCUT2D eigenvalue weighted by Crippen LogP contribution is -2.00. The van der Waals surface area contributed by atoms with Crippen molar-refractivity contribution in [1.82, 2.24) is 0 Å². The first-order chi connectivity index (χ1) is 11.7. The van der Waals surface area contributed by atoms with E-state index >= 15 is 0 Å². The van der Waals surface area contributed by atoms with Crippen molar-refractivity contribution in [3.05, 3.63) is 72.0 Å². The van der Waals surface area contributed by atoms with Crippen LogP contribution in [0, 0.1) is 0 Å². The third kappa shape index (κ3) is 3.35. The second kappa shape index (κ2) is 6.83. The highest BCUT2D eigenvalue weighted by molar-refractivity contribution is 5.89. The molecule has 3 aromatic rings. The zero-order valence-electron chi connectivity index (χ0n) is 12.9. The lowest BCUT2D eigenvalue weighted by Gasteiger charge is -2.07. The standard InChI is InChI=1S/C19H14O5/c1-22-19(21)13-5-7-15(8-6-13)23-16-4-2-3-14(11-16)18-10-9-17(12-20)24-18/h2-12H,1H3. The van der Waals surface area contributed by atoms with Crippen LogP contribution in [0.3, 0.4) is 0 Å². The second-order valence-corrected chi connectivity index (χ2v) is 4.97. The van der Waals surface area contributed by atoms with Gasteiger partial charge in [-0.05, 0) is 48.5 Å². The number of benzene rings is 2. The summed E-state index contributed by atoms with van der Waals surface area (Å²) in [6.07, 6.45) is 0.659. The molecule has 0 aliphatic carbocycles. The Labute approximate surface area is 138 Å². The highest BCUT2D eigenvalue weighted by atomic mass is 16.5. The molecule has 0 N–H and O–H groups in total. The Morgan fingerprint density at radius 3 is 2.46 bits per heavy atom. The predicted molar refractivity (Wildman–Crippen MR) is 87.4 cm³/mol. The van der Waals surface area contributed by atoms with Crippen molar-refractivity contribution < 1.29 is 23.5 Å². The molecule has 0 bridgehead atoms. The summed E-state index contributed by atoms with van der Waals surface area (Å²) in [5.74, 6) is 1.67. The van der Waals surface area contributed by atoms with E-state index in [4.69, 9.17) is 9.15 Å². The van der Waals surface area contributed by atoms with Gasteiger partial charge in [0.05, 0.1) is 12.7 Å². The summed E-state index contributed by atoms with van der Waals surface area (Å²) >= 11 is 0. The molecule has 24 heavy (non-hydrogen) atoms. The third-order valence-corrected chi connectivity index (χ3v) is 3.37. The molecule has 0 saturated carbocycles. The highest BCUT2D eigenvalue weighted by Gasteiger charge is 2.07. The fourth-order valence-corrected chi connectivity index (χ4v) is 2.20. The van der Waals surface area contributed by atoms with Gasteiger partial charge in [0.15, 0.2) is 12.0 Å². The van der Waals surface area contributed by atoms with Gasteiger partial charge in [-0.2, -0.15) is 0 Å². The van der Waals surface area contributed by atoms with Crippen LogP contribution in [0.15, 0.2) is 65.1 Å². The van der Waals surface area contributed by atoms with Crippen LogP contribution in [-0.4, -0.2) is 19.4 Å². The SMILES string of the molecule is COC(=O)c1ccc(Oc2cccc(-c3ccc(C=O)o3)c2)cc1. The number of ether oxygens (including phenoxy) is 2. The summed E-state index contributed by atoms with van der Waals surface area (Å²) in [7, 11) is 1.34. The van der Waals surface area contributed by atoms with Crippen molar-refractivity contribution in [1.29, 1.82) is 0 Å². The molecule has 5 heteroatoms. The van der Waals surface area contributed by atoms with Crippen molar-refractivity contribution in [2.24, 2.45) is 0 Å². The number of aldehydes is 1. The quantitative estimate of drug-likeness (QED) is 0.516. The molecule has 0 atom stereocenters. The van der Waals surface area contributed by atoms with Gasteiger partial charge in [-0.15, -0.1) is 0 Å². The van der Waals surface area contributed by atoms with Crippen molar-refractivity contribution >= 4 is 12.3 Å². The van der Waals surface area contributed by atoms with Crippen LogP contribution in [0.25, 0.3) is 11.3 Å². The number of carbonyl (C=O) groups is 2. The number of furan rings is 1. The monoisotopic (exact) mass is 322 g/mol. The molecule has 0 radical (unpaired) electrons. The lowest BCUT2D eigenvalue weighted by molar-refractivity contribution is 0.0600. The maximum absolute atomic E-state index is 11.4. The van der Waals surface area contributed by atoms with Crippen molar-refractivity contribution in [3.63, 3.8) is 0 Å². The summed E-state index contributed by atoms with van der Waals surface area (Å²) < 4.78 is 15.8. The normalized spacial score (nSPS) is 10.2. The fourth-order valence-electron chi connectivity index (χ4n) is 2.20. The van der Waals surface area contributed by atoms with Crippen LogP contribution in [-0.2, 0) is 4.74 Å².